The van der Waals surface area contributed by atoms with E-state index in [-0.39, 0.29) is 23.7 Å². The number of amides is 1. The van der Waals surface area contributed by atoms with Crippen LogP contribution >= 0.6 is 0 Å². The van der Waals surface area contributed by atoms with Crippen molar-refractivity contribution in [3.05, 3.63) is 35.6 Å². The minimum atomic E-state index is -5.08. The third kappa shape index (κ3) is 6.15. The predicted octanol–water partition coefficient (Wildman–Crippen LogP) is 2.72. The number of hydrogen-bond acceptors (Lipinski definition) is 4. The highest BCUT2D eigenvalue weighted by molar-refractivity contribution is 5.79. The normalized spacial score (nSPS) is 26.3. The van der Waals surface area contributed by atoms with Crippen LogP contribution in [0.2, 0.25) is 0 Å². The van der Waals surface area contributed by atoms with Gasteiger partial charge in [-0.15, -0.1) is 0 Å². The molecule has 2 aliphatic heterocycles. The fraction of sp³-hybridized carbons (Fsp3) is 0.600. The first-order valence-corrected chi connectivity index (χ1v) is 9.84. The van der Waals surface area contributed by atoms with Crippen LogP contribution < -0.4 is 5.32 Å². The summed E-state index contributed by atoms with van der Waals surface area (Å²) >= 11 is 0. The molecule has 6 nitrogen and oxygen atoms in total. The molecule has 0 radical (unpaired) electrons. The van der Waals surface area contributed by atoms with Crippen LogP contribution in [0.25, 0.3) is 0 Å². The number of ether oxygens (including phenoxy) is 1. The fourth-order valence-corrected chi connectivity index (χ4v) is 3.80. The maximum absolute atomic E-state index is 13.1. The maximum atomic E-state index is 13.1. The number of carboxylic acids is 1. The van der Waals surface area contributed by atoms with Crippen molar-refractivity contribution in [3.8, 4) is 0 Å². The molecule has 4 rings (SSSR count). The van der Waals surface area contributed by atoms with Gasteiger partial charge in [0.05, 0.1) is 12.0 Å². The third-order valence-corrected chi connectivity index (χ3v) is 5.45. The van der Waals surface area contributed by atoms with E-state index in [4.69, 9.17) is 14.6 Å². The molecule has 1 aromatic rings. The predicted molar refractivity (Wildman–Crippen MR) is 97.9 cm³/mol. The van der Waals surface area contributed by atoms with E-state index in [2.05, 4.69) is 10.2 Å². The number of hydrogen-bond donors (Lipinski definition) is 2. The molecule has 3 aliphatic rings. The largest absolute Gasteiger partial charge is 0.490 e. The Labute approximate surface area is 171 Å². The second kappa shape index (κ2) is 9.30. The number of carbonyl (C=O) groups is 2. The first-order chi connectivity index (χ1) is 14.1. The summed E-state index contributed by atoms with van der Waals surface area (Å²) in [5.41, 5.74) is 1.08. The summed E-state index contributed by atoms with van der Waals surface area (Å²) in [6, 6.07) is 7.43. The highest BCUT2D eigenvalue weighted by Crippen LogP contribution is 2.33. The second-order valence-corrected chi connectivity index (χ2v) is 7.84. The molecular formula is C20H24F4N2O4. The lowest BCUT2D eigenvalue weighted by atomic mass is 9.89. The highest BCUT2D eigenvalue weighted by Gasteiger charge is 2.43. The number of carbonyl (C=O) groups excluding carboxylic acids is 1. The molecule has 2 heterocycles. The average molecular weight is 432 g/mol. The smallest absolute Gasteiger partial charge is 0.475 e. The molecule has 0 bridgehead atoms. The van der Waals surface area contributed by atoms with Crippen LogP contribution in [-0.2, 0) is 20.9 Å². The molecule has 0 aromatic heterocycles. The van der Waals surface area contributed by atoms with E-state index in [1.54, 1.807) is 0 Å². The van der Waals surface area contributed by atoms with E-state index in [0.29, 0.717) is 12.1 Å². The summed E-state index contributed by atoms with van der Waals surface area (Å²) in [6.45, 7) is 2.28. The second-order valence-electron chi connectivity index (χ2n) is 7.84. The van der Waals surface area contributed by atoms with Crippen molar-refractivity contribution in [2.45, 2.75) is 56.6 Å². The standard InChI is InChI=1S/C18H23FN2O2.C2HF3O2/c19-14-3-1-12(2-4-14)10-21-11-13(18(22)20-15-5-6-15)9-17-16(21)7-8-23-17;3-2(4,5)1(6)7/h1-4,13,15-17H,5-11H2,(H,20,22);(H,6,7)/t13-,16+,17+;/m0./s1. The van der Waals surface area contributed by atoms with Crippen molar-refractivity contribution in [1.82, 2.24) is 10.2 Å². The monoisotopic (exact) mass is 432 g/mol. The van der Waals surface area contributed by atoms with E-state index in [1.165, 1.54) is 12.1 Å². The molecule has 1 amide bonds. The first kappa shape index (κ1) is 22.5. The molecular weight excluding hydrogens is 408 g/mol. The van der Waals surface area contributed by atoms with Gasteiger partial charge in [-0.2, -0.15) is 13.2 Å². The zero-order chi connectivity index (χ0) is 21.9. The molecule has 0 unspecified atom stereocenters. The number of piperidine rings is 1. The van der Waals surface area contributed by atoms with Crippen molar-refractivity contribution >= 4 is 11.9 Å². The van der Waals surface area contributed by atoms with E-state index < -0.39 is 12.1 Å². The number of benzene rings is 1. The molecule has 1 aromatic carbocycles. The van der Waals surface area contributed by atoms with E-state index in [9.17, 15) is 22.4 Å². The summed E-state index contributed by atoms with van der Waals surface area (Å²) in [5, 5.41) is 10.2. The molecule has 10 heteroatoms. The van der Waals surface area contributed by atoms with Crippen LogP contribution in [0.5, 0.6) is 0 Å². The Morgan fingerprint density at radius 3 is 2.37 bits per heavy atom. The topological polar surface area (TPSA) is 78.9 Å². The quantitative estimate of drug-likeness (QED) is 0.716. The Balaban J connectivity index is 0.000000318. The lowest BCUT2D eigenvalue weighted by Crippen LogP contribution is -2.52. The van der Waals surface area contributed by atoms with Crippen LogP contribution in [-0.4, -0.2) is 59.4 Å². The molecule has 0 spiro atoms. The number of aliphatic carboxylic acids is 1. The van der Waals surface area contributed by atoms with Gasteiger partial charge in [0.15, 0.2) is 0 Å². The molecule has 1 saturated carbocycles. The number of halogens is 4. The minimum absolute atomic E-state index is 0.00426. The van der Waals surface area contributed by atoms with Gasteiger partial charge in [0.2, 0.25) is 5.91 Å². The van der Waals surface area contributed by atoms with Crippen molar-refractivity contribution < 1.29 is 37.0 Å². The number of alkyl halides is 3. The highest BCUT2D eigenvalue weighted by atomic mass is 19.4. The minimum Gasteiger partial charge on any atom is -0.475 e. The Kier molecular flexibility index (Phi) is 6.97. The number of carboxylic acid groups (broad SMARTS) is 1. The average Bonchev–Trinajstić information content (AvgIpc) is 3.36. The number of rotatable bonds is 4. The van der Waals surface area contributed by atoms with Crippen LogP contribution in [0.15, 0.2) is 24.3 Å². The van der Waals surface area contributed by atoms with E-state index in [0.717, 1.165) is 50.9 Å². The number of fused-ring (bicyclic) bond motifs is 1. The summed E-state index contributed by atoms with van der Waals surface area (Å²) in [6.07, 6.45) is -0.869. The Morgan fingerprint density at radius 1 is 1.17 bits per heavy atom. The van der Waals surface area contributed by atoms with Gasteiger partial charge in [-0.05, 0) is 43.4 Å². The molecule has 3 fully saturated rings. The fourth-order valence-electron chi connectivity index (χ4n) is 3.80. The molecule has 30 heavy (non-hydrogen) atoms. The molecule has 2 saturated heterocycles. The SMILES string of the molecule is O=C(NC1CC1)[C@H]1C[C@H]2OCC[C@H]2N(Cc2ccc(F)cc2)C1.O=C(O)C(F)(F)F. The lowest BCUT2D eigenvalue weighted by molar-refractivity contribution is -0.192. The van der Waals surface area contributed by atoms with E-state index >= 15 is 0 Å². The van der Waals surface area contributed by atoms with Gasteiger partial charge in [0.1, 0.15) is 5.82 Å². The van der Waals surface area contributed by atoms with Gasteiger partial charge in [0, 0.05) is 31.8 Å². The molecule has 1 aliphatic carbocycles. The Hall–Kier alpha value is -2.20. The summed E-state index contributed by atoms with van der Waals surface area (Å²) in [7, 11) is 0. The summed E-state index contributed by atoms with van der Waals surface area (Å²) in [4.78, 5) is 23.7. The van der Waals surface area contributed by atoms with Crippen LogP contribution in [0, 0.1) is 11.7 Å². The van der Waals surface area contributed by atoms with Gasteiger partial charge < -0.3 is 15.2 Å². The number of nitrogens with zero attached hydrogens (tertiary/aromatic N) is 1. The van der Waals surface area contributed by atoms with Crippen molar-refractivity contribution in [2.24, 2.45) is 5.92 Å². The van der Waals surface area contributed by atoms with Crippen LogP contribution in [0.4, 0.5) is 17.6 Å². The third-order valence-electron chi connectivity index (χ3n) is 5.45. The van der Waals surface area contributed by atoms with Crippen molar-refractivity contribution in [3.63, 3.8) is 0 Å². The number of nitrogens with one attached hydrogen (secondary N) is 1. The van der Waals surface area contributed by atoms with Gasteiger partial charge >= 0.3 is 12.1 Å². The number of likely N-dealkylation sites (tertiary alicyclic amines) is 1. The van der Waals surface area contributed by atoms with Gasteiger partial charge in [-0.3, -0.25) is 9.69 Å². The van der Waals surface area contributed by atoms with Crippen LogP contribution in [0.1, 0.15) is 31.2 Å². The van der Waals surface area contributed by atoms with Crippen molar-refractivity contribution in [2.75, 3.05) is 13.2 Å². The van der Waals surface area contributed by atoms with E-state index in [1.807, 2.05) is 12.1 Å². The zero-order valence-corrected chi connectivity index (χ0v) is 16.2. The molecule has 2 N–H and O–H groups in total. The Morgan fingerprint density at radius 2 is 1.80 bits per heavy atom. The summed E-state index contributed by atoms with van der Waals surface area (Å²) < 4.78 is 50.7. The molecule has 3 atom stereocenters. The summed E-state index contributed by atoms with van der Waals surface area (Å²) in [5.74, 6) is -2.80. The van der Waals surface area contributed by atoms with Gasteiger partial charge in [-0.1, -0.05) is 12.1 Å². The maximum Gasteiger partial charge on any atom is 0.490 e. The van der Waals surface area contributed by atoms with Crippen molar-refractivity contribution in [1.29, 1.82) is 0 Å². The Bertz CT molecular complexity index is 752. The lowest BCUT2D eigenvalue weighted by Gasteiger charge is -2.40. The van der Waals surface area contributed by atoms with Gasteiger partial charge in [0.25, 0.3) is 0 Å². The van der Waals surface area contributed by atoms with Gasteiger partial charge in [-0.25, -0.2) is 9.18 Å². The zero-order valence-electron chi connectivity index (χ0n) is 16.2. The van der Waals surface area contributed by atoms with Crippen LogP contribution in [0.3, 0.4) is 0 Å². The first-order valence-electron chi connectivity index (χ1n) is 9.84. The molecule has 166 valence electrons.